The van der Waals surface area contributed by atoms with Gasteiger partial charge in [0.15, 0.2) is 0 Å². The first-order valence-corrected chi connectivity index (χ1v) is 6.48. The second kappa shape index (κ2) is 8.25. The average Bonchev–Trinajstić information content (AvgIpc) is 2.36. The predicted octanol–water partition coefficient (Wildman–Crippen LogP) is 1.08. The maximum atomic E-state index is 11.6. The topological polar surface area (TPSA) is 50.4 Å². The van der Waals surface area contributed by atoms with Gasteiger partial charge in [-0.05, 0) is 38.8 Å². The van der Waals surface area contributed by atoms with E-state index in [1.807, 2.05) is 13.0 Å². The van der Waals surface area contributed by atoms with Gasteiger partial charge in [-0.25, -0.2) is 0 Å². The Morgan fingerprint density at radius 3 is 3.12 bits per heavy atom. The lowest BCUT2D eigenvalue weighted by atomic mass is 9.89. The highest BCUT2D eigenvalue weighted by Gasteiger charge is 2.25. The third-order valence-corrected chi connectivity index (χ3v) is 3.12. The van der Waals surface area contributed by atoms with E-state index in [1.54, 1.807) is 0 Å². The number of ether oxygens (including phenoxy) is 1. The third kappa shape index (κ3) is 5.33. The summed E-state index contributed by atoms with van der Waals surface area (Å²) in [5, 5.41) is 6.75. The molecule has 0 spiro atoms. The Labute approximate surface area is 104 Å². The summed E-state index contributed by atoms with van der Waals surface area (Å²) >= 11 is 0. The number of esters is 1. The van der Waals surface area contributed by atoms with Crippen molar-refractivity contribution < 1.29 is 9.53 Å². The molecule has 1 aliphatic rings. The number of nitrogens with one attached hydrogen (secondary N) is 2. The van der Waals surface area contributed by atoms with Crippen molar-refractivity contribution in [1.29, 1.82) is 0 Å². The largest absolute Gasteiger partial charge is 0.466 e. The minimum atomic E-state index is -0.111. The quantitative estimate of drug-likeness (QED) is 0.516. The van der Waals surface area contributed by atoms with E-state index in [4.69, 9.17) is 4.74 Å². The van der Waals surface area contributed by atoms with Crippen molar-refractivity contribution in [3.63, 3.8) is 0 Å². The van der Waals surface area contributed by atoms with Gasteiger partial charge in [-0.1, -0.05) is 6.08 Å². The van der Waals surface area contributed by atoms with E-state index in [2.05, 4.69) is 17.2 Å². The number of hydrogen-bond acceptors (Lipinski definition) is 4. The molecule has 4 nitrogen and oxygen atoms in total. The Bertz CT molecular complexity index is 238. The SMILES string of the molecule is C=CCNC(CC(=O)OCC)[C@@H]1CCCNC1. The summed E-state index contributed by atoms with van der Waals surface area (Å²) in [4.78, 5) is 11.6. The number of piperidine rings is 1. The highest BCUT2D eigenvalue weighted by Crippen LogP contribution is 2.17. The lowest BCUT2D eigenvalue weighted by molar-refractivity contribution is -0.144. The Balaban J connectivity index is 2.45. The van der Waals surface area contributed by atoms with Crippen molar-refractivity contribution in [3.05, 3.63) is 12.7 Å². The second-order valence-corrected chi connectivity index (χ2v) is 4.42. The molecule has 0 aromatic carbocycles. The van der Waals surface area contributed by atoms with Crippen LogP contribution in [0.5, 0.6) is 0 Å². The molecule has 0 amide bonds. The van der Waals surface area contributed by atoms with Crippen molar-refractivity contribution in [2.45, 2.75) is 32.2 Å². The molecule has 1 rings (SSSR count). The van der Waals surface area contributed by atoms with Crippen LogP contribution in [0.1, 0.15) is 26.2 Å². The minimum Gasteiger partial charge on any atom is -0.466 e. The normalized spacial score (nSPS) is 21.8. The standard InChI is InChI=1S/C13H24N2O2/c1-3-7-15-12(9-13(16)17-4-2)11-6-5-8-14-10-11/h3,11-12,14-15H,1,4-10H2,2H3/t11-,12?/m1/s1. The highest BCUT2D eigenvalue weighted by molar-refractivity contribution is 5.70. The molecule has 98 valence electrons. The third-order valence-electron chi connectivity index (χ3n) is 3.12. The molecule has 1 aliphatic heterocycles. The van der Waals surface area contributed by atoms with E-state index in [1.165, 1.54) is 12.8 Å². The maximum absolute atomic E-state index is 11.6. The fraction of sp³-hybridized carbons (Fsp3) is 0.769. The maximum Gasteiger partial charge on any atom is 0.307 e. The van der Waals surface area contributed by atoms with Crippen molar-refractivity contribution in [1.82, 2.24) is 10.6 Å². The Hall–Kier alpha value is -0.870. The molecular formula is C13H24N2O2. The Morgan fingerprint density at radius 2 is 2.53 bits per heavy atom. The summed E-state index contributed by atoms with van der Waals surface area (Å²) in [6, 6.07) is 0.194. The van der Waals surface area contributed by atoms with Crippen LogP contribution in [0.25, 0.3) is 0 Å². The van der Waals surface area contributed by atoms with Crippen LogP contribution in [0.15, 0.2) is 12.7 Å². The second-order valence-electron chi connectivity index (χ2n) is 4.42. The van der Waals surface area contributed by atoms with Gasteiger partial charge in [-0.2, -0.15) is 0 Å². The molecule has 0 saturated carbocycles. The smallest absolute Gasteiger partial charge is 0.307 e. The predicted molar refractivity (Wildman–Crippen MR) is 68.8 cm³/mol. The van der Waals surface area contributed by atoms with E-state index < -0.39 is 0 Å². The van der Waals surface area contributed by atoms with Crippen LogP contribution in [0.4, 0.5) is 0 Å². The van der Waals surface area contributed by atoms with Crippen LogP contribution in [-0.2, 0) is 9.53 Å². The first-order chi connectivity index (χ1) is 8.27. The van der Waals surface area contributed by atoms with Gasteiger partial charge in [0.05, 0.1) is 13.0 Å². The molecule has 0 aromatic rings. The number of rotatable bonds is 7. The number of carbonyl (C=O) groups excluding carboxylic acids is 1. The minimum absolute atomic E-state index is 0.111. The summed E-state index contributed by atoms with van der Waals surface area (Å²) in [5.41, 5.74) is 0. The molecule has 1 saturated heterocycles. The zero-order valence-electron chi connectivity index (χ0n) is 10.7. The van der Waals surface area contributed by atoms with Crippen molar-refractivity contribution >= 4 is 5.97 Å². The molecule has 17 heavy (non-hydrogen) atoms. The van der Waals surface area contributed by atoms with Crippen molar-refractivity contribution in [2.75, 3.05) is 26.2 Å². The monoisotopic (exact) mass is 240 g/mol. The summed E-state index contributed by atoms with van der Waals surface area (Å²) in [6.07, 6.45) is 4.63. The van der Waals surface area contributed by atoms with E-state index in [9.17, 15) is 4.79 Å². The zero-order chi connectivity index (χ0) is 12.5. The lowest BCUT2D eigenvalue weighted by Gasteiger charge is -2.30. The first kappa shape index (κ1) is 14.2. The van der Waals surface area contributed by atoms with Crippen LogP contribution in [0.2, 0.25) is 0 Å². The molecule has 2 atom stereocenters. The van der Waals surface area contributed by atoms with Gasteiger partial charge in [0.25, 0.3) is 0 Å². The van der Waals surface area contributed by atoms with Crippen molar-refractivity contribution in [3.8, 4) is 0 Å². The molecule has 2 N–H and O–H groups in total. The Kier molecular flexibility index (Phi) is 6.89. The fourth-order valence-corrected chi connectivity index (χ4v) is 2.26. The summed E-state index contributed by atoms with van der Waals surface area (Å²) in [7, 11) is 0. The number of hydrogen-bond donors (Lipinski definition) is 2. The summed E-state index contributed by atoms with van der Waals surface area (Å²) in [5.74, 6) is 0.396. The molecule has 0 radical (unpaired) electrons. The first-order valence-electron chi connectivity index (χ1n) is 6.48. The van der Waals surface area contributed by atoms with Gasteiger partial charge in [-0.15, -0.1) is 6.58 Å². The summed E-state index contributed by atoms with van der Waals surface area (Å²) in [6.45, 7) is 8.80. The molecule has 1 fully saturated rings. The lowest BCUT2D eigenvalue weighted by Crippen LogP contribution is -2.45. The van der Waals surface area contributed by atoms with Gasteiger partial charge < -0.3 is 15.4 Å². The molecular weight excluding hydrogens is 216 g/mol. The molecule has 0 aliphatic carbocycles. The van der Waals surface area contributed by atoms with Gasteiger partial charge in [-0.3, -0.25) is 4.79 Å². The van der Waals surface area contributed by atoms with E-state index in [0.29, 0.717) is 18.9 Å². The van der Waals surface area contributed by atoms with Crippen LogP contribution < -0.4 is 10.6 Å². The zero-order valence-corrected chi connectivity index (χ0v) is 10.7. The van der Waals surface area contributed by atoms with Gasteiger partial charge in [0, 0.05) is 12.6 Å². The molecule has 1 heterocycles. The van der Waals surface area contributed by atoms with E-state index in [-0.39, 0.29) is 12.0 Å². The fourth-order valence-electron chi connectivity index (χ4n) is 2.26. The molecule has 4 heteroatoms. The van der Waals surface area contributed by atoms with Gasteiger partial charge in [0.1, 0.15) is 0 Å². The van der Waals surface area contributed by atoms with Crippen LogP contribution >= 0.6 is 0 Å². The van der Waals surface area contributed by atoms with Gasteiger partial charge >= 0.3 is 5.97 Å². The van der Waals surface area contributed by atoms with Crippen LogP contribution in [-0.4, -0.2) is 38.3 Å². The van der Waals surface area contributed by atoms with E-state index >= 15 is 0 Å². The Morgan fingerprint density at radius 1 is 1.71 bits per heavy atom. The molecule has 0 bridgehead atoms. The molecule has 0 aromatic heterocycles. The summed E-state index contributed by atoms with van der Waals surface area (Å²) < 4.78 is 5.02. The average molecular weight is 240 g/mol. The highest BCUT2D eigenvalue weighted by atomic mass is 16.5. The number of carbonyl (C=O) groups is 1. The van der Waals surface area contributed by atoms with Gasteiger partial charge in [0.2, 0.25) is 0 Å². The van der Waals surface area contributed by atoms with E-state index in [0.717, 1.165) is 19.6 Å². The van der Waals surface area contributed by atoms with Crippen LogP contribution in [0, 0.1) is 5.92 Å². The molecule has 1 unspecified atom stereocenters. The van der Waals surface area contributed by atoms with Crippen LogP contribution in [0.3, 0.4) is 0 Å². The van der Waals surface area contributed by atoms with Crippen molar-refractivity contribution in [2.24, 2.45) is 5.92 Å².